The maximum Gasteiger partial charge on any atom is 0.416 e. The molecule has 0 amide bonds. The number of benzene rings is 1. The normalized spacial score (nSPS) is 16.1. The van der Waals surface area contributed by atoms with Gasteiger partial charge in [-0.15, -0.1) is 0 Å². The number of ether oxygens (including phenoxy) is 1. The molecule has 0 radical (unpaired) electrons. The first-order valence-corrected chi connectivity index (χ1v) is 4.55. The van der Waals surface area contributed by atoms with Crippen molar-refractivity contribution in [1.82, 2.24) is 0 Å². The van der Waals surface area contributed by atoms with E-state index in [2.05, 4.69) is 6.58 Å². The van der Waals surface area contributed by atoms with Gasteiger partial charge in [-0.25, -0.2) is 4.39 Å². The van der Waals surface area contributed by atoms with Crippen LogP contribution in [0.2, 0.25) is 0 Å². The van der Waals surface area contributed by atoms with E-state index < -0.39 is 17.6 Å². The molecule has 0 aromatic heterocycles. The molecule has 1 aromatic carbocycles. The summed E-state index contributed by atoms with van der Waals surface area (Å²) in [7, 11) is 0. The lowest BCUT2D eigenvalue weighted by Crippen LogP contribution is -2.14. The number of hydrogen-bond acceptors (Lipinski definition) is 1. The van der Waals surface area contributed by atoms with Gasteiger partial charge in [0.2, 0.25) is 0 Å². The Morgan fingerprint density at radius 2 is 1.88 bits per heavy atom. The standard InChI is InChI=1S/C11H8F4O/c1-6-4-16-5-7-2-8(11(13,14)15)3-9(12)10(6)7/h2-3H,1,4-5H2. The number of hydrogen-bond donors (Lipinski definition) is 0. The molecule has 1 nitrogen and oxygen atoms in total. The van der Waals surface area contributed by atoms with Crippen molar-refractivity contribution in [1.29, 1.82) is 0 Å². The Balaban J connectivity index is 2.58. The van der Waals surface area contributed by atoms with Crippen molar-refractivity contribution in [3.63, 3.8) is 0 Å². The van der Waals surface area contributed by atoms with Crippen molar-refractivity contribution in [2.45, 2.75) is 12.8 Å². The summed E-state index contributed by atoms with van der Waals surface area (Å²) >= 11 is 0. The average molecular weight is 232 g/mol. The molecule has 0 atom stereocenters. The van der Waals surface area contributed by atoms with Gasteiger partial charge in [-0.1, -0.05) is 6.58 Å². The molecule has 5 heteroatoms. The second kappa shape index (κ2) is 3.59. The number of fused-ring (bicyclic) bond motifs is 1. The summed E-state index contributed by atoms with van der Waals surface area (Å²) in [4.78, 5) is 0. The second-order valence-corrected chi connectivity index (χ2v) is 3.59. The molecular weight excluding hydrogens is 224 g/mol. The van der Waals surface area contributed by atoms with Gasteiger partial charge < -0.3 is 4.74 Å². The van der Waals surface area contributed by atoms with Gasteiger partial charge in [0.25, 0.3) is 0 Å². The molecule has 0 bridgehead atoms. The molecule has 1 aliphatic heterocycles. The SMILES string of the molecule is C=C1COCc2cc(C(F)(F)F)cc(F)c21. The van der Waals surface area contributed by atoms with E-state index in [4.69, 9.17) is 4.74 Å². The molecule has 0 aliphatic carbocycles. The number of halogens is 4. The van der Waals surface area contributed by atoms with Crippen molar-refractivity contribution < 1.29 is 22.3 Å². The van der Waals surface area contributed by atoms with Crippen LogP contribution >= 0.6 is 0 Å². The molecule has 2 rings (SSSR count). The molecule has 0 saturated carbocycles. The molecule has 0 saturated heterocycles. The maximum atomic E-state index is 13.5. The molecule has 0 spiro atoms. The first kappa shape index (κ1) is 11.1. The molecule has 1 heterocycles. The van der Waals surface area contributed by atoms with Gasteiger partial charge in [-0.3, -0.25) is 0 Å². The van der Waals surface area contributed by atoms with Crippen molar-refractivity contribution in [3.05, 3.63) is 41.2 Å². The van der Waals surface area contributed by atoms with Crippen molar-refractivity contribution in [2.24, 2.45) is 0 Å². The molecule has 0 N–H and O–H groups in total. The first-order chi connectivity index (χ1) is 7.39. The lowest BCUT2D eigenvalue weighted by atomic mass is 9.96. The van der Waals surface area contributed by atoms with E-state index >= 15 is 0 Å². The molecule has 1 aromatic rings. The van der Waals surface area contributed by atoms with E-state index in [1.807, 2.05) is 0 Å². The lowest BCUT2D eigenvalue weighted by molar-refractivity contribution is -0.137. The maximum absolute atomic E-state index is 13.5. The number of rotatable bonds is 0. The van der Waals surface area contributed by atoms with Crippen molar-refractivity contribution in [3.8, 4) is 0 Å². The minimum Gasteiger partial charge on any atom is -0.372 e. The van der Waals surface area contributed by atoms with Crippen molar-refractivity contribution in [2.75, 3.05) is 6.61 Å². The highest BCUT2D eigenvalue weighted by Crippen LogP contribution is 2.35. The van der Waals surface area contributed by atoms with Crippen LogP contribution < -0.4 is 0 Å². The summed E-state index contributed by atoms with van der Waals surface area (Å²) in [6, 6.07) is 1.40. The molecule has 86 valence electrons. The van der Waals surface area contributed by atoms with Crippen molar-refractivity contribution >= 4 is 5.57 Å². The Morgan fingerprint density at radius 3 is 2.50 bits per heavy atom. The van der Waals surface area contributed by atoms with E-state index in [1.165, 1.54) is 0 Å². The third-order valence-electron chi connectivity index (χ3n) is 2.39. The van der Waals surface area contributed by atoms with Crippen LogP contribution in [0.4, 0.5) is 17.6 Å². The predicted octanol–water partition coefficient (Wildman–Crippen LogP) is 3.39. The third kappa shape index (κ3) is 1.82. The summed E-state index contributed by atoms with van der Waals surface area (Å²) in [5.41, 5.74) is -0.280. The third-order valence-corrected chi connectivity index (χ3v) is 2.39. The van der Waals surface area contributed by atoms with Gasteiger partial charge >= 0.3 is 6.18 Å². The van der Waals surface area contributed by atoms with Gasteiger partial charge in [0.15, 0.2) is 0 Å². The van der Waals surface area contributed by atoms with Crippen LogP contribution in [-0.2, 0) is 17.5 Å². The zero-order valence-corrected chi connectivity index (χ0v) is 8.20. The van der Waals surface area contributed by atoms with Crippen LogP contribution in [-0.4, -0.2) is 6.61 Å². The van der Waals surface area contributed by atoms with E-state index in [1.54, 1.807) is 0 Å². The van der Waals surface area contributed by atoms with Crippen LogP contribution in [0.3, 0.4) is 0 Å². The van der Waals surface area contributed by atoms with E-state index in [-0.39, 0.29) is 24.3 Å². The highest BCUT2D eigenvalue weighted by molar-refractivity contribution is 5.69. The average Bonchev–Trinajstić information content (AvgIpc) is 2.15. The minimum absolute atomic E-state index is 0.0187. The fraction of sp³-hybridized carbons (Fsp3) is 0.273. The van der Waals surface area contributed by atoms with Crippen LogP contribution in [0, 0.1) is 5.82 Å². The Labute approximate surface area is 89.3 Å². The summed E-state index contributed by atoms with van der Waals surface area (Å²) < 4.78 is 55.7. The zero-order valence-electron chi connectivity index (χ0n) is 8.20. The fourth-order valence-electron chi connectivity index (χ4n) is 1.69. The van der Waals surface area contributed by atoms with Gasteiger partial charge in [0.1, 0.15) is 5.82 Å². The fourth-order valence-corrected chi connectivity index (χ4v) is 1.69. The largest absolute Gasteiger partial charge is 0.416 e. The molecule has 16 heavy (non-hydrogen) atoms. The van der Waals surface area contributed by atoms with Gasteiger partial charge in [-0.2, -0.15) is 13.2 Å². The van der Waals surface area contributed by atoms with Gasteiger partial charge in [0, 0.05) is 5.56 Å². The summed E-state index contributed by atoms with van der Waals surface area (Å²) in [6.45, 7) is 3.69. The summed E-state index contributed by atoms with van der Waals surface area (Å²) in [5.74, 6) is -0.891. The zero-order chi connectivity index (χ0) is 11.9. The van der Waals surface area contributed by atoms with Gasteiger partial charge in [0.05, 0.1) is 18.8 Å². The predicted molar refractivity (Wildman–Crippen MR) is 50.1 cm³/mol. The highest BCUT2D eigenvalue weighted by Gasteiger charge is 2.33. The van der Waals surface area contributed by atoms with Gasteiger partial charge in [-0.05, 0) is 23.3 Å². The topological polar surface area (TPSA) is 9.23 Å². The Bertz CT molecular complexity index is 448. The molecule has 0 fully saturated rings. The molecular formula is C11H8F4O. The summed E-state index contributed by atoms with van der Waals surface area (Å²) in [5, 5.41) is 0. The monoisotopic (exact) mass is 232 g/mol. The summed E-state index contributed by atoms with van der Waals surface area (Å²) in [6.07, 6.45) is -4.55. The Hall–Kier alpha value is -1.36. The Kier molecular flexibility index (Phi) is 2.50. The van der Waals surface area contributed by atoms with E-state index in [9.17, 15) is 17.6 Å². The lowest BCUT2D eigenvalue weighted by Gasteiger charge is -2.21. The Morgan fingerprint density at radius 1 is 1.19 bits per heavy atom. The van der Waals surface area contributed by atoms with Crippen LogP contribution in [0.25, 0.3) is 5.57 Å². The quantitative estimate of drug-likeness (QED) is 0.623. The second-order valence-electron chi connectivity index (χ2n) is 3.59. The molecule has 0 unspecified atom stereocenters. The highest BCUT2D eigenvalue weighted by atomic mass is 19.4. The number of alkyl halides is 3. The van der Waals surface area contributed by atoms with E-state index in [0.29, 0.717) is 11.6 Å². The molecule has 1 aliphatic rings. The smallest absolute Gasteiger partial charge is 0.372 e. The van der Waals surface area contributed by atoms with E-state index in [0.717, 1.165) is 6.07 Å². The van der Waals surface area contributed by atoms with Crippen LogP contribution in [0.15, 0.2) is 18.7 Å². The first-order valence-electron chi connectivity index (χ1n) is 4.55. The minimum atomic E-state index is -4.55. The van der Waals surface area contributed by atoms with Crippen LogP contribution in [0.5, 0.6) is 0 Å². The van der Waals surface area contributed by atoms with Crippen LogP contribution in [0.1, 0.15) is 16.7 Å².